The Labute approximate surface area is 191 Å². The summed E-state index contributed by atoms with van der Waals surface area (Å²) >= 11 is 0. The molecule has 0 spiro atoms. The van der Waals surface area contributed by atoms with Gasteiger partial charge in [-0.25, -0.2) is 0 Å². The molecule has 0 radical (unpaired) electrons. The Morgan fingerprint density at radius 1 is 0.879 bits per heavy atom. The standard InChI is InChI=1S/C25H24N4O4/c1-31-20-12-9-18(10-13-20)23-27-25(26-16-17-7-5-4-6-8-17)29(28-23)24(30)19-11-14-21(32-2)22(15-19)33-3/h4-15H,16H2,1-3H3,(H,26,27,28). The average molecular weight is 444 g/mol. The molecule has 0 atom stereocenters. The first-order chi connectivity index (χ1) is 16.1. The van der Waals surface area contributed by atoms with Gasteiger partial charge in [0.25, 0.3) is 5.91 Å². The molecule has 8 nitrogen and oxygen atoms in total. The number of carbonyl (C=O) groups excluding carboxylic acids is 1. The molecule has 4 aromatic rings. The molecule has 168 valence electrons. The van der Waals surface area contributed by atoms with Gasteiger partial charge in [0.1, 0.15) is 5.75 Å². The largest absolute Gasteiger partial charge is 0.497 e. The number of nitrogens with zero attached hydrogens (tertiary/aromatic N) is 3. The molecule has 1 aromatic heterocycles. The van der Waals surface area contributed by atoms with Crippen molar-refractivity contribution in [1.82, 2.24) is 14.8 Å². The van der Waals surface area contributed by atoms with Crippen LogP contribution in [0.3, 0.4) is 0 Å². The summed E-state index contributed by atoms with van der Waals surface area (Å²) in [5.74, 6) is 2.12. The maximum atomic E-state index is 13.4. The molecule has 0 aliphatic rings. The van der Waals surface area contributed by atoms with Crippen LogP contribution in [0.4, 0.5) is 5.95 Å². The lowest BCUT2D eigenvalue weighted by Gasteiger charge is -2.10. The third-order valence-electron chi connectivity index (χ3n) is 5.07. The fourth-order valence-corrected chi connectivity index (χ4v) is 3.30. The summed E-state index contributed by atoms with van der Waals surface area (Å²) < 4.78 is 17.1. The van der Waals surface area contributed by atoms with Gasteiger partial charge >= 0.3 is 0 Å². The van der Waals surface area contributed by atoms with Crippen LogP contribution < -0.4 is 19.5 Å². The van der Waals surface area contributed by atoms with Crippen molar-refractivity contribution in [2.24, 2.45) is 0 Å². The Bertz CT molecular complexity index is 1240. The minimum absolute atomic E-state index is 0.337. The summed E-state index contributed by atoms with van der Waals surface area (Å²) in [4.78, 5) is 18.0. The van der Waals surface area contributed by atoms with Crippen LogP contribution in [0.25, 0.3) is 11.4 Å². The first kappa shape index (κ1) is 21.9. The second-order valence-electron chi connectivity index (χ2n) is 7.11. The summed E-state index contributed by atoms with van der Waals surface area (Å²) in [5, 5.41) is 7.74. The van der Waals surface area contributed by atoms with E-state index in [1.807, 2.05) is 54.6 Å². The van der Waals surface area contributed by atoms with Crippen molar-refractivity contribution >= 4 is 11.9 Å². The van der Waals surface area contributed by atoms with Gasteiger partial charge in [-0.15, -0.1) is 5.10 Å². The zero-order valence-corrected chi connectivity index (χ0v) is 18.6. The minimum Gasteiger partial charge on any atom is -0.497 e. The molecule has 0 saturated carbocycles. The van der Waals surface area contributed by atoms with Crippen LogP contribution >= 0.6 is 0 Å². The number of carbonyl (C=O) groups is 1. The molecule has 1 N–H and O–H groups in total. The number of methoxy groups -OCH3 is 3. The first-order valence-electron chi connectivity index (χ1n) is 10.3. The van der Waals surface area contributed by atoms with Gasteiger partial charge in [0.15, 0.2) is 17.3 Å². The normalized spacial score (nSPS) is 10.5. The highest BCUT2D eigenvalue weighted by Crippen LogP contribution is 2.29. The van der Waals surface area contributed by atoms with E-state index in [2.05, 4.69) is 15.4 Å². The quantitative estimate of drug-likeness (QED) is 0.434. The van der Waals surface area contributed by atoms with Gasteiger partial charge in [-0.1, -0.05) is 30.3 Å². The Kier molecular flexibility index (Phi) is 6.54. The Hall–Kier alpha value is -4.33. The van der Waals surface area contributed by atoms with Crippen LogP contribution in [0, 0.1) is 0 Å². The van der Waals surface area contributed by atoms with Gasteiger partial charge in [-0.3, -0.25) is 4.79 Å². The van der Waals surface area contributed by atoms with Crippen LogP contribution in [0.15, 0.2) is 72.8 Å². The molecule has 1 heterocycles. The molecule has 0 saturated heterocycles. The summed E-state index contributed by atoms with van der Waals surface area (Å²) in [7, 11) is 4.68. The van der Waals surface area contributed by atoms with Gasteiger partial charge in [-0.05, 0) is 48.0 Å². The minimum atomic E-state index is -0.348. The highest BCUT2D eigenvalue weighted by molar-refractivity contribution is 5.97. The van der Waals surface area contributed by atoms with Crippen molar-refractivity contribution in [1.29, 1.82) is 0 Å². The van der Waals surface area contributed by atoms with E-state index in [0.717, 1.165) is 16.9 Å². The molecule has 0 aliphatic carbocycles. The van der Waals surface area contributed by atoms with Crippen molar-refractivity contribution in [2.75, 3.05) is 26.6 Å². The van der Waals surface area contributed by atoms with Crippen LogP contribution in [0.5, 0.6) is 17.2 Å². The number of aromatic nitrogens is 3. The topological polar surface area (TPSA) is 87.5 Å². The fraction of sp³-hybridized carbons (Fsp3) is 0.160. The second kappa shape index (κ2) is 9.86. The van der Waals surface area contributed by atoms with Crippen LogP contribution in [-0.2, 0) is 6.54 Å². The first-order valence-corrected chi connectivity index (χ1v) is 10.3. The van der Waals surface area contributed by atoms with Gasteiger partial charge < -0.3 is 19.5 Å². The number of anilines is 1. The monoisotopic (exact) mass is 444 g/mol. The van der Waals surface area contributed by atoms with Crippen LogP contribution in [0.2, 0.25) is 0 Å². The molecule has 0 aliphatic heterocycles. The second-order valence-corrected chi connectivity index (χ2v) is 7.11. The lowest BCUT2D eigenvalue weighted by Crippen LogP contribution is -2.17. The van der Waals surface area contributed by atoms with E-state index >= 15 is 0 Å². The SMILES string of the molecule is COc1ccc(-c2nc(NCc3ccccc3)n(C(=O)c3ccc(OC)c(OC)c3)n2)cc1. The molecule has 0 amide bonds. The zero-order valence-electron chi connectivity index (χ0n) is 18.6. The Morgan fingerprint density at radius 2 is 1.61 bits per heavy atom. The average Bonchev–Trinajstić information content (AvgIpc) is 3.31. The van der Waals surface area contributed by atoms with E-state index in [4.69, 9.17) is 14.2 Å². The lowest BCUT2D eigenvalue weighted by atomic mass is 10.2. The molecular weight excluding hydrogens is 420 g/mol. The molecule has 3 aromatic carbocycles. The van der Waals surface area contributed by atoms with E-state index in [9.17, 15) is 4.79 Å². The van der Waals surface area contributed by atoms with Crippen LogP contribution in [-0.4, -0.2) is 42.0 Å². The van der Waals surface area contributed by atoms with Crippen molar-refractivity contribution < 1.29 is 19.0 Å². The van der Waals surface area contributed by atoms with E-state index in [1.165, 1.54) is 11.8 Å². The van der Waals surface area contributed by atoms with E-state index in [1.54, 1.807) is 32.4 Å². The Balaban J connectivity index is 1.70. The number of rotatable bonds is 8. The predicted molar refractivity (Wildman–Crippen MR) is 125 cm³/mol. The summed E-state index contributed by atoms with van der Waals surface area (Å²) in [6, 6.07) is 22.2. The number of nitrogens with one attached hydrogen (secondary N) is 1. The molecule has 0 bridgehead atoms. The van der Waals surface area contributed by atoms with Crippen molar-refractivity contribution in [2.45, 2.75) is 6.54 Å². The smallest absolute Gasteiger partial charge is 0.281 e. The molecular formula is C25H24N4O4. The maximum Gasteiger partial charge on any atom is 0.281 e. The van der Waals surface area contributed by atoms with Gasteiger partial charge in [0.05, 0.1) is 21.3 Å². The third-order valence-corrected chi connectivity index (χ3v) is 5.07. The van der Waals surface area contributed by atoms with Crippen molar-refractivity contribution in [3.63, 3.8) is 0 Å². The highest BCUT2D eigenvalue weighted by atomic mass is 16.5. The number of benzene rings is 3. The maximum absolute atomic E-state index is 13.4. The van der Waals surface area contributed by atoms with E-state index < -0.39 is 0 Å². The zero-order chi connectivity index (χ0) is 23.2. The molecule has 33 heavy (non-hydrogen) atoms. The Morgan fingerprint density at radius 3 is 2.27 bits per heavy atom. The number of ether oxygens (including phenoxy) is 3. The van der Waals surface area contributed by atoms with Gasteiger partial charge in [0, 0.05) is 17.7 Å². The predicted octanol–water partition coefficient (Wildman–Crippen LogP) is 4.27. The number of hydrogen-bond acceptors (Lipinski definition) is 7. The lowest BCUT2D eigenvalue weighted by molar-refractivity contribution is 0.0947. The third kappa shape index (κ3) is 4.79. The van der Waals surface area contributed by atoms with Crippen LogP contribution in [0.1, 0.15) is 15.9 Å². The molecule has 4 rings (SSSR count). The van der Waals surface area contributed by atoms with Gasteiger partial charge in [0.2, 0.25) is 5.95 Å². The van der Waals surface area contributed by atoms with E-state index in [0.29, 0.717) is 35.4 Å². The van der Waals surface area contributed by atoms with Gasteiger partial charge in [-0.2, -0.15) is 9.67 Å². The van der Waals surface area contributed by atoms with Crippen molar-refractivity contribution in [3.05, 3.63) is 83.9 Å². The summed E-state index contributed by atoms with van der Waals surface area (Å²) in [6.45, 7) is 0.487. The summed E-state index contributed by atoms with van der Waals surface area (Å²) in [6.07, 6.45) is 0. The highest BCUT2D eigenvalue weighted by Gasteiger charge is 2.20. The number of hydrogen-bond donors (Lipinski definition) is 1. The summed E-state index contributed by atoms with van der Waals surface area (Å²) in [5.41, 5.74) is 2.20. The fourth-order valence-electron chi connectivity index (χ4n) is 3.30. The molecule has 0 unspecified atom stereocenters. The molecule has 0 fully saturated rings. The van der Waals surface area contributed by atoms with E-state index in [-0.39, 0.29) is 5.91 Å². The van der Waals surface area contributed by atoms with Crippen molar-refractivity contribution in [3.8, 4) is 28.6 Å². The molecule has 8 heteroatoms.